The largest absolute Gasteiger partial charge is 0.314 e. The van der Waals surface area contributed by atoms with E-state index in [4.69, 9.17) is 0 Å². The van der Waals surface area contributed by atoms with Gasteiger partial charge in [-0.15, -0.1) is 12.4 Å². The van der Waals surface area contributed by atoms with E-state index in [-0.39, 0.29) is 12.4 Å². The van der Waals surface area contributed by atoms with Crippen LogP contribution in [0, 0.1) is 0 Å². The molecule has 1 aliphatic rings. The molecule has 0 aromatic heterocycles. The van der Waals surface area contributed by atoms with Crippen LogP contribution < -0.4 is 10.6 Å². The SMILES string of the molecule is C[C@H]1CNCCN1.Cl. The lowest BCUT2D eigenvalue weighted by Gasteiger charge is -2.19. The maximum atomic E-state index is 3.32. The van der Waals surface area contributed by atoms with Crippen LogP contribution in [-0.2, 0) is 0 Å². The van der Waals surface area contributed by atoms with Gasteiger partial charge in [0.15, 0.2) is 0 Å². The first-order valence-corrected chi connectivity index (χ1v) is 2.83. The van der Waals surface area contributed by atoms with Gasteiger partial charge in [0, 0.05) is 25.7 Å². The lowest BCUT2D eigenvalue weighted by Crippen LogP contribution is -2.46. The molecule has 0 bridgehead atoms. The van der Waals surface area contributed by atoms with Crippen molar-refractivity contribution in [1.82, 2.24) is 10.6 Å². The average Bonchev–Trinajstić information content (AvgIpc) is 1.69. The first-order valence-electron chi connectivity index (χ1n) is 2.83. The van der Waals surface area contributed by atoms with Crippen LogP contribution in [0.2, 0.25) is 0 Å². The van der Waals surface area contributed by atoms with E-state index >= 15 is 0 Å². The molecule has 1 heterocycles. The molecule has 1 aliphatic heterocycles. The lowest BCUT2D eigenvalue weighted by molar-refractivity contribution is 0.442. The van der Waals surface area contributed by atoms with Crippen molar-refractivity contribution >= 4 is 12.4 Å². The number of hydrogen-bond donors (Lipinski definition) is 2. The Morgan fingerprint density at radius 1 is 1.38 bits per heavy atom. The van der Waals surface area contributed by atoms with E-state index in [0.29, 0.717) is 6.04 Å². The highest BCUT2D eigenvalue weighted by Crippen LogP contribution is 1.80. The van der Waals surface area contributed by atoms with E-state index in [1.807, 2.05) is 0 Å². The minimum absolute atomic E-state index is 0. The first kappa shape index (κ1) is 8.21. The van der Waals surface area contributed by atoms with Crippen molar-refractivity contribution in [3.05, 3.63) is 0 Å². The third-order valence-electron chi connectivity index (χ3n) is 1.25. The van der Waals surface area contributed by atoms with Crippen molar-refractivity contribution in [1.29, 1.82) is 0 Å². The summed E-state index contributed by atoms with van der Waals surface area (Å²) in [7, 11) is 0. The Kier molecular flexibility index (Phi) is 4.23. The highest BCUT2D eigenvalue weighted by atomic mass is 35.5. The van der Waals surface area contributed by atoms with Crippen LogP contribution in [-0.4, -0.2) is 25.7 Å². The molecule has 2 N–H and O–H groups in total. The van der Waals surface area contributed by atoms with Gasteiger partial charge in [0.1, 0.15) is 0 Å². The molecule has 1 atom stereocenters. The first-order chi connectivity index (χ1) is 3.39. The molecule has 50 valence electrons. The highest BCUT2D eigenvalue weighted by molar-refractivity contribution is 5.85. The van der Waals surface area contributed by atoms with E-state index in [1.54, 1.807) is 0 Å². The van der Waals surface area contributed by atoms with Gasteiger partial charge in [-0.2, -0.15) is 0 Å². The van der Waals surface area contributed by atoms with Crippen LogP contribution in [0.3, 0.4) is 0 Å². The van der Waals surface area contributed by atoms with E-state index in [9.17, 15) is 0 Å². The van der Waals surface area contributed by atoms with E-state index in [1.165, 1.54) is 0 Å². The Balaban J connectivity index is 0.000000490. The fourth-order valence-electron chi connectivity index (χ4n) is 0.798. The number of halogens is 1. The second kappa shape index (κ2) is 4.13. The molecule has 2 nitrogen and oxygen atoms in total. The van der Waals surface area contributed by atoms with Gasteiger partial charge in [-0.3, -0.25) is 0 Å². The van der Waals surface area contributed by atoms with Gasteiger partial charge >= 0.3 is 0 Å². The molecule has 0 amide bonds. The van der Waals surface area contributed by atoms with Crippen molar-refractivity contribution < 1.29 is 0 Å². The van der Waals surface area contributed by atoms with Gasteiger partial charge in [0.2, 0.25) is 0 Å². The summed E-state index contributed by atoms with van der Waals surface area (Å²) >= 11 is 0. The third kappa shape index (κ3) is 2.50. The minimum atomic E-state index is 0. The number of rotatable bonds is 0. The van der Waals surface area contributed by atoms with E-state index in [2.05, 4.69) is 17.6 Å². The smallest absolute Gasteiger partial charge is 0.0164 e. The van der Waals surface area contributed by atoms with Crippen LogP contribution in [0.5, 0.6) is 0 Å². The fourth-order valence-corrected chi connectivity index (χ4v) is 0.798. The molecule has 1 rings (SSSR count). The van der Waals surface area contributed by atoms with Crippen molar-refractivity contribution in [2.75, 3.05) is 19.6 Å². The van der Waals surface area contributed by atoms with Gasteiger partial charge < -0.3 is 10.6 Å². The Hall–Kier alpha value is 0.210. The molecule has 3 heteroatoms. The zero-order valence-electron chi connectivity index (χ0n) is 5.11. The summed E-state index contributed by atoms with van der Waals surface area (Å²) in [6.45, 7) is 5.57. The Morgan fingerprint density at radius 3 is 2.38 bits per heavy atom. The molecule has 1 fully saturated rings. The quantitative estimate of drug-likeness (QED) is 0.490. The molecule has 0 spiro atoms. The Morgan fingerprint density at radius 2 is 2.12 bits per heavy atom. The monoisotopic (exact) mass is 136 g/mol. The average molecular weight is 137 g/mol. The summed E-state index contributed by atoms with van der Waals surface area (Å²) in [5, 5.41) is 6.59. The second-order valence-corrected chi connectivity index (χ2v) is 2.06. The number of hydrogen-bond acceptors (Lipinski definition) is 2. The van der Waals surface area contributed by atoms with Crippen LogP contribution >= 0.6 is 12.4 Å². The highest BCUT2D eigenvalue weighted by Gasteiger charge is 2.03. The Bertz CT molecular complexity index is 52.4. The van der Waals surface area contributed by atoms with Gasteiger partial charge in [0.25, 0.3) is 0 Å². The standard InChI is InChI=1S/C5H12N2.ClH/c1-5-4-6-2-3-7-5;/h5-7H,2-4H2,1H3;1H/t5-;/m0./s1. The van der Waals surface area contributed by atoms with Crippen molar-refractivity contribution in [3.8, 4) is 0 Å². The van der Waals surface area contributed by atoms with Crippen molar-refractivity contribution in [2.24, 2.45) is 0 Å². The number of piperazine rings is 1. The van der Waals surface area contributed by atoms with Crippen molar-refractivity contribution in [3.63, 3.8) is 0 Å². The van der Waals surface area contributed by atoms with Crippen molar-refractivity contribution in [2.45, 2.75) is 13.0 Å². The predicted octanol–water partition coefficient (Wildman–Crippen LogP) is -0.0105. The van der Waals surface area contributed by atoms with Crippen LogP contribution in [0.1, 0.15) is 6.92 Å². The molecule has 0 saturated carbocycles. The van der Waals surface area contributed by atoms with Gasteiger partial charge in [-0.05, 0) is 6.92 Å². The molecule has 0 aliphatic carbocycles. The van der Waals surface area contributed by atoms with E-state index < -0.39 is 0 Å². The molecule has 0 aromatic rings. The van der Waals surface area contributed by atoms with E-state index in [0.717, 1.165) is 19.6 Å². The topological polar surface area (TPSA) is 24.1 Å². The lowest BCUT2D eigenvalue weighted by atomic mass is 10.3. The van der Waals surface area contributed by atoms with Crippen LogP contribution in [0.25, 0.3) is 0 Å². The second-order valence-electron chi connectivity index (χ2n) is 2.06. The summed E-state index contributed by atoms with van der Waals surface area (Å²) in [4.78, 5) is 0. The zero-order chi connectivity index (χ0) is 5.11. The summed E-state index contributed by atoms with van der Waals surface area (Å²) in [5.74, 6) is 0. The molecule has 0 aromatic carbocycles. The Labute approximate surface area is 56.4 Å². The molecular formula is C5H13ClN2. The fraction of sp³-hybridized carbons (Fsp3) is 1.00. The third-order valence-corrected chi connectivity index (χ3v) is 1.25. The molecule has 0 unspecified atom stereocenters. The zero-order valence-corrected chi connectivity index (χ0v) is 5.92. The maximum Gasteiger partial charge on any atom is 0.0164 e. The summed E-state index contributed by atoms with van der Waals surface area (Å²) < 4.78 is 0. The molecule has 0 radical (unpaired) electrons. The summed E-state index contributed by atoms with van der Waals surface area (Å²) in [6, 6.07) is 0.675. The van der Waals surface area contributed by atoms with Gasteiger partial charge in [-0.1, -0.05) is 0 Å². The van der Waals surface area contributed by atoms with Gasteiger partial charge in [0.05, 0.1) is 0 Å². The van der Waals surface area contributed by atoms with Crippen LogP contribution in [0.15, 0.2) is 0 Å². The minimum Gasteiger partial charge on any atom is -0.314 e. The molecule has 8 heavy (non-hydrogen) atoms. The summed E-state index contributed by atoms with van der Waals surface area (Å²) in [5.41, 5.74) is 0. The molecule has 1 saturated heterocycles. The number of nitrogens with one attached hydrogen (secondary N) is 2. The molecular weight excluding hydrogens is 124 g/mol. The van der Waals surface area contributed by atoms with Gasteiger partial charge in [-0.25, -0.2) is 0 Å². The predicted molar refractivity (Wildman–Crippen MR) is 37.6 cm³/mol. The normalized spacial score (nSPS) is 28.9. The summed E-state index contributed by atoms with van der Waals surface area (Å²) in [6.07, 6.45) is 0. The van der Waals surface area contributed by atoms with Crippen LogP contribution in [0.4, 0.5) is 0 Å². The maximum absolute atomic E-state index is 3.32.